The van der Waals surface area contributed by atoms with Crippen molar-refractivity contribution >= 4 is 17.9 Å². The summed E-state index contributed by atoms with van der Waals surface area (Å²) in [6.45, 7) is 6.45. The first-order chi connectivity index (χ1) is 33.0. The van der Waals surface area contributed by atoms with Crippen LogP contribution in [0.5, 0.6) is 0 Å². The Labute approximate surface area is 413 Å². The molecular formula is C61H102O6. The lowest BCUT2D eigenvalue weighted by atomic mass is 10.0. The topological polar surface area (TPSA) is 78.9 Å². The van der Waals surface area contributed by atoms with Crippen molar-refractivity contribution in [3.63, 3.8) is 0 Å². The largest absolute Gasteiger partial charge is 0.462 e. The average molecular weight is 931 g/mol. The summed E-state index contributed by atoms with van der Waals surface area (Å²) >= 11 is 0. The molecule has 0 radical (unpaired) electrons. The van der Waals surface area contributed by atoms with Gasteiger partial charge >= 0.3 is 17.9 Å². The molecule has 0 bridgehead atoms. The van der Waals surface area contributed by atoms with Gasteiger partial charge in [0.25, 0.3) is 0 Å². The number of hydrogen-bond donors (Lipinski definition) is 0. The number of allylic oxidation sites excluding steroid dienone is 16. The van der Waals surface area contributed by atoms with E-state index in [0.29, 0.717) is 19.3 Å². The molecule has 0 aliphatic rings. The minimum absolute atomic E-state index is 0.0998. The summed E-state index contributed by atoms with van der Waals surface area (Å²) in [4.78, 5) is 38.1. The highest BCUT2D eigenvalue weighted by Gasteiger charge is 2.19. The molecule has 0 spiro atoms. The van der Waals surface area contributed by atoms with Gasteiger partial charge in [0, 0.05) is 19.3 Å². The number of ether oxygens (including phenoxy) is 3. The van der Waals surface area contributed by atoms with E-state index in [9.17, 15) is 14.4 Å². The number of hydrogen-bond acceptors (Lipinski definition) is 6. The lowest BCUT2D eigenvalue weighted by Gasteiger charge is -2.18. The number of esters is 3. The minimum Gasteiger partial charge on any atom is -0.462 e. The monoisotopic (exact) mass is 931 g/mol. The predicted octanol–water partition coefficient (Wildman–Crippen LogP) is 18.5. The fourth-order valence-corrected chi connectivity index (χ4v) is 7.42. The highest BCUT2D eigenvalue weighted by Crippen LogP contribution is 2.15. The number of carbonyl (C=O) groups is 3. The van der Waals surface area contributed by atoms with Gasteiger partial charge in [0.1, 0.15) is 13.2 Å². The molecule has 0 saturated carbocycles. The average Bonchev–Trinajstić information content (AvgIpc) is 3.33. The van der Waals surface area contributed by atoms with Crippen molar-refractivity contribution in [3.05, 3.63) is 97.2 Å². The third-order valence-electron chi connectivity index (χ3n) is 11.6. The summed E-state index contributed by atoms with van der Waals surface area (Å²) in [6, 6.07) is 0. The summed E-state index contributed by atoms with van der Waals surface area (Å²) < 4.78 is 16.8. The lowest BCUT2D eigenvalue weighted by Crippen LogP contribution is -2.30. The minimum atomic E-state index is -0.800. The van der Waals surface area contributed by atoms with Gasteiger partial charge in [-0.3, -0.25) is 14.4 Å². The van der Waals surface area contributed by atoms with E-state index >= 15 is 0 Å². The molecule has 0 unspecified atom stereocenters. The Morgan fingerprint density at radius 3 is 0.955 bits per heavy atom. The molecule has 0 amide bonds. The molecule has 382 valence electrons. The van der Waals surface area contributed by atoms with Crippen LogP contribution in [0.3, 0.4) is 0 Å². The predicted molar refractivity (Wildman–Crippen MR) is 288 cm³/mol. The summed E-state index contributed by atoms with van der Waals surface area (Å²) in [5.74, 6) is -0.950. The molecule has 0 saturated heterocycles. The summed E-state index contributed by atoms with van der Waals surface area (Å²) in [5, 5.41) is 0. The van der Waals surface area contributed by atoms with Crippen LogP contribution in [0.25, 0.3) is 0 Å². The SMILES string of the molecule is CC/C=C\C/C=C\C/C=C\C/C=C\CCCCCCC(=O)OC[C@H](COC(=O)CCCCC/C=C\C/C=C\C/C=C\C/C=C\CCCCC)OC(=O)CCCCCCCCCCCCCCC. The normalized spacial score (nSPS) is 12.8. The van der Waals surface area contributed by atoms with Gasteiger partial charge in [0.2, 0.25) is 0 Å². The van der Waals surface area contributed by atoms with E-state index in [-0.39, 0.29) is 31.1 Å². The van der Waals surface area contributed by atoms with Crippen LogP contribution in [0.15, 0.2) is 97.2 Å². The van der Waals surface area contributed by atoms with Crippen LogP contribution in [0, 0.1) is 0 Å². The van der Waals surface area contributed by atoms with Crippen molar-refractivity contribution < 1.29 is 28.6 Å². The molecule has 6 nitrogen and oxygen atoms in total. The van der Waals surface area contributed by atoms with E-state index in [1.807, 2.05) is 0 Å². The third kappa shape index (κ3) is 53.2. The molecule has 0 rings (SSSR count). The zero-order valence-electron chi connectivity index (χ0n) is 43.6. The lowest BCUT2D eigenvalue weighted by molar-refractivity contribution is -0.167. The molecule has 0 heterocycles. The Morgan fingerprint density at radius 1 is 0.313 bits per heavy atom. The molecule has 0 aromatic carbocycles. The van der Waals surface area contributed by atoms with Gasteiger partial charge in [-0.1, -0.05) is 227 Å². The van der Waals surface area contributed by atoms with Crippen LogP contribution in [0.1, 0.15) is 252 Å². The van der Waals surface area contributed by atoms with Gasteiger partial charge in [-0.05, 0) is 103 Å². The van der Waals surface area contributed by atoms with Crippen LogP contribution in [-0.4, -0.2) is 37.2 Å². The Kier molecular flexibility index (Phi) is 51.9. The van der Waals surface area contributed by atoms with E-state index in [4.69, 9.17) is 14.2 Å². The Balaban J connectivity index is 4.47. The first kappa shape index (κ1) is 63.3. The van der Waals surface area contributed by atoms with E-state index in [1.54, 1.807) is 0 Å². The van der Waals surface area contributed by atoms with Crippen LogP contribution >= 0.6 is 0 Å². The molecular weight excluding hydrogens is 829 g/mol. The van der Waals surface area contributed by atoms with Gasteiger partial charge in [0.05, 0.1) is 0 Å². The maximum atomic E-state index is 12.8. The van der Waals surface area contributed by atoms with E-state index < -0.39 is 6.10 Å². The standard InChI is InChI=1S/C61H102O6/c1-4-7-10-13-16-19-22-25-27-29-30-32-34-37-39-42-45-48-51-54-60(63)66-57-58(67-61(64)55-52-49-46-43-40-35-24-21-18-15-12-9-6-3)56-65-59(62)53-50-47-44-41-38-36-33-31-28-26-23-20-17-14-11-8-5-2/h8,11,16-17,19-20,25-28,30,32-33,36-37,39,58H,4-7,9-10,12-15,18,21-24,29,31,34-35,38,40-57H2,1-3H3/b11-8-,19-16-,20-17-,27-25-,28-26-,32-30-,36-33-,39-37-/t58-/m1/s1. The molecule has 6 heteroatoms. The Morgan fingerprint density at radius 2 is 0.582 bits per heavy atom. The van der Waals surface area contributed by atoms with E-state index in [2.05, 4.69) is 118 Å². The van der Waals surface area contributed by atoms with E-state index in [0.717, 1.165) is 122 Å². The van der Waals surface area contributed by atoms with E-state index in [1.165, 1.54) is 89.9 Å². The van der Waals surface area contributed by atoms with Gasteiger partial charge in [-0.2, -0.15) is 0 Å². The molecule has 0 N–H and O–H groups in total. The first-order valence-electron chi connectivity index (χ1n) is 27.7. The van der Waals surface area contributed by atoms with Gasteiger partial charge in [0.15, 0.2) is 6.10 Å². The fourth-order valence-electron chi connectivity index (χ4n) is 7.42. The van der Waals surface area contributed by atoms with Crippen molar-refractivity contribution in [1.29, 1.82) is 0 Å². The number of rotatable bonds is 49. The molecule has 1 atom stereocenters. The maximum absolute atomic E-state index is 12.8. The molecule has 0 fully saturated rings. The smallest absolute Gasteiger partial charge is 0.306 e. The number of unbranched alkanes of at least 4 members (excludes halogenated alkanes) is 22. The van der Waals surface area contributed by atoms with Crippen LogP contribution < -0.4 is 0 Å². The quantitative estimate of drug-likeness (QED) is 0.0262. The van der Waals surface area contributed by atoms with Crippen molar-refractivity contribution in [3.8, 4) is 0 Å². The fraction of sp³-hybridized carbons (Fsp3) is 0.689. The highest BCUT2D eigenvalue weighted by atomic mass is 16.6. The second-order valence-electron chi connectivity index (χ2n) is 18.1. The summed E-state index contributed by atoms with van der Waals surface area (Å²) in [5.41, 5.74) is 0. The Bertz CT molecular complexity index is 1350. The second-order valence-corrected chi connectivity index (χ2v) is 18.1. The molecule has 0 aliphatic heterocycles. The second kappa shape index (κ2) is 54.9. The number of carbonyl (C=O) groups excluding carboxylic acids is 3. The molecule has 0 aliphatic carbocycles. The zero-order chi connectivity index (χ0) is 48.6. The van der Waals surface area contributed by atoms with Crippen molar-refractivity contribution in [1.82, 2.24) is 0 Å². The third-order valence-corrected chi connectivity index (χ3v) is 11.6. The van der Waals surface area contributed by atoms with Gasteiger partial charge in [-0.25, -0.2) is 0 Å². The molecule has 0 aromatic heterocycles. The van der Waals surface area contributed by atoms with Gasteiger partial charge < -0.3 is 14.2 Å². The van der Waals surface area contributed by atoms with Crippen LogP contribution in [0.2, 0.25) is 0 Å². The molecule has 0 aromatic rings. The first-order valence-corrected chi connectivity index (χ1v) is 27.7. The van der Waals surface area contributed by atoms with Crippen molar-refractivity contribution in [2.75, 3.05) is 13.2 Å². The highest BCUT2D eigenvalue weighted by molar-refractivity contribution is 5.71. The van der Waals surface area contributed by atoms with Crippen molar-refractivity contribution in [2.24, 2.45) is 0 Å². The van der Waals surface area contributed by atoms with Gasteiger partial charge in [-0.15, -0.1) is 0 Å². The maximum Gasteiger partial charge on any atom is 0.306 e. The van der Waals surface area contributed by atoms with Crippen LogP contribution in [-0.2, 0) is 28.6 Å². The van der Waals surface area contributed by atoms with Crippen LogP contribution in [0.4, 0.5) is 0 Å². The summed E-state index contributed by atoms with van der Waals surface area (Å²) in [6.07, 6.45) is 72.4. The summed E-state index contributed by atoms with van der Waals surface area (Å²) in [7, 11) is 0. The van der Waals surface area contributed by atoms with Crippen molar-refractivity contribution in [2.45, 2.75) is 258 Å². The Hall–Kier alpha value is -3.67. The zero-order valence-corrected chi connectivity index (χ0v) is 43.6. The molecule has 67 heavy (non-hydrogen) atoms.